The lowest BCUT2D eigenvalue weighted by Gasteiger charge is -2.21. The molecule has 0 fully saturated rings. The van der Waals surface area contributed by atoms with Gasteiger partial charge in [-0.2, -0.15) is 8.42 Å². The van der Waals surface area contributed by atoms with E-state index in [1.54, 1.807) is 6.08 Å². The standard InChI is InChI=1S/C31H59NO5S/c1-3-5-7-9-11-13-15-17-19-21-23-25-27-31(34)32-29(28-38(35,36)37)30(33)26-24-22-20-18-16-14-12-10-8-6-4-2/h16,18,24,26,29-30,33H,3-15,17,19-23,25,27-28H2,1-2H3,(H,32,34)(H,35,36,37)/b18-16+,26-24+. The molecule has 0 aromatic carbocycles. The van der Waals surface area contributed by atoms with Crippen molar-refractivity contribution in [3.05, 3.63) is 24.3 Å². The van der Waals surface area contributed by atoms with Crippen molar-refractivity contribution >= 4 is 16.0 Å². The van der Waals surface area contributed by atoms with E-state index < -0.39 is 28.0 Å². The normalized spacial score (nSPS) is 13.9. The molecule has 7 heteroatoms. The number of unbranched alkanes of at least 4 members (excludes halogenated alkanes) is 17. The second-order valence-electron chi connectivity index (χ2n) is 10.7. The van der Waals surface area contributed by atoms with E-state index in [9.17, 15) is 22.9 Å². The quantitative estimate of drug-likeness (QED) is 0.0538. The van der Waals surface area contributed by atoms with Crippen molar-refractivity contribution in [2.75, 3.05) is 5.75 Å². The Balaban J connectivity index is 4.13. The topological polar surface area (TPSA) is 104 Å². The minimum Gasteiger partial charge on any atom is -0.387 e. The summed E-state index contributed by atoms with van der Waals surface area (Å²) in [5.41, 5.74) is 0. The van der Waals surface area contributed by atoms with Crippen LogP contribution in [-0.2, 0) is 14.9 Å². The Labute approximate surface area is 234 Å². The van der Waals surface area contributed by atoms with Gasteiger partial charge in [0, 0.05) is 6.42 Å². The SMILES string of the molecule is CCCCCCC/C=C/CC/C=C/C(O)C(CS(=O)(=O)O)NC(=O)CCCCCCCCCCCCCC. The summed E-state index contributed by atoms with van der Waals surface area (Å²) in [7, 11) is -4.34. The molecule has 6 nitrogen and oxygen atoms in total. The second kappa shape index (κ2) is 26.1. The smallest absolute Gasteiger partial charge is 0.267 e. The van der Waals surface area contributed by atoms with E-state index in [0.29, 0.717) is 6.42 Å². The lowest BCUT2D eigenvalue weighted by Crippen LogP contribution is -2.46. The number of aliphatic hydroxyl groups is 1. The molecule has 2 atom stereocenters. The van der Waals surface area contributed by atoms with Gasteiger partial charge in [0.15, 0.2) is 0 Å². The summed E-state index contributed by atoms with van der Waals surface area (Å²) in [5.74, 6) is -0.999. The number of carbonyl (C=O) groups is 1. The lowest BCUT2D eigenvalue weighted by atomic mass is 10.0. The number of carbonyl (C=O) groups excluding carboxylic acids is 1. The summed E-state index contributed by atoms with van der Waals surface area (Å²) in [6.07, 6.45) is 30.2. The summed E-state index contributed by atoms with van der Waals surface area (Å²) < 4.78 is 32.1. The Morgan fingerprint density at radius 2 is 1.13 bits per heavy atom. The predicted molar refractivity (Wildman–Crippen MR) is 161 cm³/mol. The molecule has 0 aliphatic rings. The van der Waals surface area contributed by atoms with Crippen LogP contribution in [0.15, 0.2) is 24.3 Å². The second-order valence-corrected chi connectivity index (χ2v) is 12.2. The first-order chi connectivity index (χ1) is 18.3. The summed E-state index contributed by atoms with van der Waals surface area (Å²) in [4.78, 5) is 12.4. The number of allylic oxidation sites excluding steroid dienone is 3. The van der Waals surface area contributed by atoms with Gasteiger partial charge >= 0.3 is 0 Å². The zero-order valence-electron chi connectivity index (χ0n) is 24.5. The van der Waals surface area contributed by atoms with Crippen LogP contribution in [0.3, 0.4) is 0 Å². The largest absolute Gasteiger partial charge is 0.387 e. The summed E-state index contributed by atoms with van der Waals surface area (Å²) >= 11 is 0. The van der Waals surface area contributed by atoms with Crippen molar-refractivity contribution in [1.82, 2.24) is 5.32 Å². The van der Waals surface area contributed by atoms with Crippen LogP contribution in [0, 0.1) is 0 Å². The maximum absolute atomic E-state index is 12.4. The minimum absolute atomic E-state index is 0.291. The van der Waals surface area contributed by atoms with Crippen LogP contribution in [0.5, 0.6) is 0 Å². The molecule has 1 amide bonds. The first-order valence-corrected chi connectivity index (χ1v) is 17.1. The number of hydrogen-bond donors (Lipinski definition) is 3. The molecule has 224 valence electrons. The molecule has 0 aromatic heterocycles. The van der Waals surface area contributed by atoms with Crippen LogP contribution in [0.1, 0.15) is 149 Å². The first kappa shape index (κ1) is 36.8. The van der Waals surface area contributed by atoms with Gasteiger partial charge in [-0.1, -0.05) is 134 Å². The molecule has 0 aromatic rings. The van der Waals surface area contributed by atoms with Crippen LogP contribution in [0.4, 0.5) is 0 Å². The number of aliphatic hydroxyl groups excluding tert-OH is 1. The molecule has 0 aliphatic carbocycles. The molecule has 2 unspecified atom stereocenters. The van der Waals surface area contributed by atoms with Gasteiger partial charge in [0.1, 0.15) is 0 Å². The van der Waals surface area contributed by atoms with E-state index in [1.807, 2.05) is 0 Å². The van der Waals surface area contributed by atoms with Gasteiger partial charge in [0.05, 0.1) is 17.9 Å². The average molecular weight is 558 g/mol. The monoisotopic (exact) mass is 557 g/mol. The van der Waals surface area contributed by atoms with E-state index in [-0.39, 0.29) is 5.91 Å². The summed E-state index contributed by atoms with van der Waals surface area (Å²) in [6, 6.07) is -1.07. The van der Waals surface area contributed by atoms with Gasteiger partial charge in [-0.05, 0) is 32.1 Å². The van der Waals surface area contributed by atoms with Gasteiger partial charge in [-0.15, -0.1) is 0 Å². The van der Waals surface area contributed by atoms with Crippen LogP contribution in [0.25, 0.3) is 0 Å². The molecule has 0 aliphatic heterocycles. The molecule has 0 spiro atoms. The van der Waals surface area contributed by atoms with Crippen molar-refractivity contribution in [3.8, 4) is 0 Å². The third-order valence-corrected chi connectivity index (χ3v) is 7.66. The molecule has 0 rings (SSSR count). The predicted octanol–water partition coefficient (Wildman–Crippen LogP) is 8.06. The Bertz CT molecular complexity index is 705. The number of amides is 1. The molecular formula is C31H59NO5S. The lowest BCUT2D eigenvalue weighted by molar-refractivity contribution is -0.122. The van der Waals surface area contributed by atoms with Gasteiger partial charge in [0.2, 0.25) is 5.91 Å². The Morgan fingerprint density at radius 1 is 0.684 bits per heavy atom. The van der Waals surface area contributed by atoms with E-state index in [2.05, 4.69) is 31.3 Å². The van der Waals surface area contributed by atoms with Crippen molar-refractivity contribution < 1.29 is 22.9 Å². The third kappa shape index (κ3) is 26.4. The van der Waals surface area contributed by atoms with Crippen LogP contribution >= 0.6 is 0 Å². The van der Waals surface area contributed by atoms with Gasteiger partial charge in [-0.25, -0.2) is 0 Å². The zero-order chi connectivity index (χ0) is 28.3. The highest BCUT2D eigenvalue weighted by molar-refractivity contribution is 7.85. The maximum atomic E-state index is 12.4. The zero-order valence-corrected chi connectivity index (χ0v) is 25.4. The first-order valence-electron chi connectivity index (χ1n) is 15.5. The van der Waals surface area contributed by atoms with Crippen LogP contribution in [-0.4, -0.2) is 41.9 Å². The fourth-order valence-corrected chi connectivity index (χ4v) is 5.26. The van der Waals surface area contributed by atoms with Crippen molar-refractivity contribution in [3.63, 3.8) is 0 Å². The number of rotatable bonds is 27. The highest BCUT2D eigenvalue weighted by Gasteiger charge is 2.24. The highest BCUT2D eigenvalue weighted by Crippen LogP contribution is 2.13. The van der Waals surface area contributed by atoms with E-state index in [1.165, 1.54) is 96.0 Å². The van der Waals surface area contributed by atoms with Gasteiger partial charge < -0.3 is 10.4 Å². The molecule has 3 N–H and O–H groups in total. The van der Waals surface area contributed by atoms with Crippen molar-refractivity contribution in [2.45, 2.75) is 161 Å². The van der Waals surface area contributed by atoms with Crippen LogP contribution in [0.2, 0.25) is 0 Å². The molecule has 0 saturated heterocycles. The van der Waals surface area contributed by atoms with E-state index in [0.717, 1.165) is 38.5 Å². The fraction of sp³-hybridized carbons (Fsp3) is 0.839. The summed E-state index contributed by atoms with van der Waals surface area (Å²) in [5, 5.41) is 13.1. The fourth-order valence-electron chi connectivity index (χ4n) is 4.52. The molecule has 0 saturated carbocycles. The molecule has 0 radical (unpaired) electrons. The number of hydrogen-bond acceptors (Lipinski definition) is 4. The third-order valence-electron chi connectivity index (χ3n) is 6.88. The van der Waals surface area contributed by atoms with Gasteiger partial charge in [-0.3, -0.25) is 9.35 Å². The molecule has 0 bridgehead atoms. The minimum atomic E-state index is -4.34. The Morgan fingerprint density at radius 3 is 1.66 bits per heavy atom. The Hall–Kier alpha value is -1.18. The van der Waals surface area contributed by atoms with E-state index in [4.69, 9.17) is 0 Å². The van der Waals surface area contributed by atoms with E-state index >= 15 is 0 Å². The Kier molecular flexibility index (Phi) is 25.3. The molecule has 38 heavy (non-hydrogen) atoms. The molecule has 0 heterocycles. The average Bonchev–Trinajstić information content (AvgIpc) is 2.86. The summed E-state index contributed by atoms with van der Waals surface area (Å²) in [6.45, 7) is 4.45. The van der Waals surface area contributed by atoms with Crippen molar-refractivity contribution in [1.29, 1.82) is 0 Å². The highest BCUT2D eigenvalue weighted by atomic mass is 32.2. The number of nitrogens with one attached hydrogen (secondary N) is 1. The van der Waals surface area contributed by atoms with Crippen molar-refractivity contribution in [2.24, 2.45) is 0 Å². The van der Waals surface area contributed by atoms with Gasteiger partial charge in [0.25, 0.3) is 10.1 Å². The maximum Gasteiger partial charge on any atom is 0.267 e. The van der Waals surface area contributed by atoms with Crippen LogP contribution < -0.4 is 5.32 Å². The molecular weight excluding hydrogens is 498 g/mol.